The smallest absolute Gasteiger partial charge is 0.409 e. The van der Waals surface area contributed by atoms with Crippen LogP contribution in [0.25, 0.3) is 5.57 Å². The van der Waals surface area contributed by atoms with Crippen LogP contribution in [0.4, 0.5) is 9.18 Å². The molecule has 0 N–H and O–H groups in total. The fraction of sp³-hybridized carbons (Fsp3) is 0.357. The first kappa shape index (κ1) is 15.5. The van der Waals surface area contributed by atoms with Gasteiger partial charge in [0.2, 0.25) is 0 Å². The molecular formula is C14H16FNO4S. The topological polar surface area (TPSA) is 63.7 Å². The molecule has 0 aliphatic carbocycles. The van der Waals surface area contributed by atoms with Crippen molar-refractivity contribution >= 4 is 21.5 Å². The Morgan fingerprint density at radius 1 is 1.38 bits per heavy atom. The zero-order valence-electron chi connectivity index (χ0n) is 11.8. The minimum absolute atomic E-state index is 0.266. The van der Waals surface area contributed by atoms with Gasteiger partial charge >= 0.3 is 6.09 Å². The summed E-state index contributed by atoms with van der Waals surface area (Å²) in [7, 11) is -2.31. The normalized spacial score (nSPS) is 15.6. The lowest BCUT2D eigenvalue weighted by atomic mass is 9.99. The van der Waals surface area contributed by atoms with Gasteiger partial charge in [0, 0.05) is 24.9 Å². The number of halogens is 1. The highest BCUT2D eigenvalue weighted by Crippen LogP contribution is 2.28. The molecule has 0 aromatic heterocycles. The maximum atomic E-state index is 14.3. The van der Waals surface area contributed by atoms with Crippen molar-refractivity contribution < 1.29 is 22.3 Å². The Bertz CT molecular complexity index is 697. The van der Waals surface area contributed by atoms with Gasteiger partial charge in [0.15, 0.2) is 9.84 Å². The molecule has 0 spiro atoms. The lowest BCUT2D eigenvalue weighted by Crippen LogP contribution is -2.34. The number of carbonyl (C=O) groups excluding carboxylic acids is 1. The highest BCUT2D eigenvalue weighted by atomic mass is 32.2. The Morgan fingerprint density at radius 3 is 2.62 bits per heavy atom. The summed E-state index contributed by atoms with van der Waals surface area (Å²) in [5.74, 6) is -0.738. The second-order valence-corrected chi connectivity index (χ2v) is 6.77. The lowest BCUT2D eigenvalue weighted by Gasteiger charge is -2.25. The third kappa shape index (κ3) is 3.24. The van der Waals surface area contributed by atoms with E-state index in [9.17, 15) is 17.6 Å². The molecule has 0 atom stereocenters. The molecule has 0 fully saturated rings. The van der Waals surface area contributed by atoms with Crippen molar-refractivity contribution in [2.45, 2.75) is 11.3 Å². The molecule has 21 heavy (non-hydrogen) atoms. The summed E-state index contributed by atoms with van der Waals surface area (Å²) in [6.45, 7) is 0.714. The van der Waals surface area contributed by atoms with Crippen LogP contribution in [0.1, 0.15) is 12.0 Å². The number of hydrogen-bond acceptors (Lipinski definition) is 4. The van der Waals surface area contributed by atoms with E-state index in [-0.39, 0.29) is 10.5 Å². The standard InChI is InChI=1S/C14H16FNO4S/c1-20-14(17)16-8-6-10(7-9-16)11-4-3-5-12(13(11)15)21(2,18)19/h3-6H,7-9H2,1-2H3. The molecule has 1 aliphatic heterocycles. The van der Waals surface area contributed by atoms with E-state index in [0.29, 0.717) is 25.1 Å². The molecule has 1 aliphatic rings. The Morgan fingerprint density at radius 2 is 2.10 bits per heavy atom. The summed E-state index contributed by atoms with van der Waals surface area (Å²) in [4.78, 5) is 12.6. The first-order chi connectivity index (χ1) is 9.84. The number of carbonyl (C=O) groups is 1. The minimum atomic E-state index is -3.61. The highest BCUT2D eigenvalue weighted by Gasteiger charge is 2.22. The van der Waals surface area contributed by atoms with Gasteiger partial charge in [-0.25, -0.2) is 17.6 Å². The van der Waals surface area contributed by atoms with Crippen LogP contribution in [0.3, 0.4) is 0 Å². The molecule has 0 saturated heterocycles. The molecule has 5 nitrogen and oxygen atoms in total. The SMILES string of the molecule is COC(=O)N1CC=C(c2cccc(S(C)(=O)=O)c2F)CC1. The monoisotopic (exact) mass is 313 g/mol. The van der Waals surface area contributed by atoms with Crippen LogP contribution in [-0.4, -0.2) is 45.9 Å². The Hall–Kier alpha value is -1.89. The van der Waals surface area contributed by atoms with E-state index in [1.807, 2.05) is 0 Å². The molecule has 1 heterocycles. The van der Waals surface area contributed by atoms with Crippen LogP contribution >= 0.6 is 0 Å². The summed E-state index contributed by atoms with van der Waals surface area (Å²) < 4.78 is 42.1. The van der Waals surface area contributed by atoms with Crippen LogP contribution in [0.5, 0.6) is 0 Å². The molecule has 0 unspecified atom stereocenters. The second kappa shape index (κ2) is 5.85. The van der Waals surface area contributed by atoms with Gasteiger partial charge in [0.05, 0.1) is 7.11 Å². The van der Waals surface area contributed by atoms with E-state index in [1.54, 1.807) is 12.1 Å². The van der Waals surface area contributed by atoms with Crippen LogP contribution in [0.15, 0.2) is 29.2 Å². The highest BCUT2D eigenvalue weighted by molar-refractivity contribution is 7.90. The van der Waals surface area contributed by atoms with E-state index in [1.165, 1.54) is 24.1 Å². The molecule has 0 saturated carbocycles. The van der Waals surface area contributed by atoms with Crippen LogP contribution < -0.4 is 0 Å². The van der Waals surface area contributed by atoms with E-state index in [0.717, 1.165) is 6.26 Å². The summed E-state index contributed by atoms with van der Waals surface area (Å²) in [5, 5.41) is 0. The average molecular weight is 313 g/mol. The van der Waals surface area contributed by atoms with Crippen molar-refractivity contribution in [2.75, 3.05) is 26.5 Å². The number of nitrogens with zero attached hydrogens (tertiary/aromatic N) is 1. The third-order valence-corrected chi connectivity index (χ3v) is 4.46. The number of sulfone groups is 1. The molecule has 2 rings (SSSR count). The van der Waals surface area contributed by atoms with Crippen LogP contribution in [0.2, 0.25) is 0 Å². The van der Waals surface area contributed by atoms with Crippen molar-refractivity contribution in [3.8, 4) is 0 Å². The fourth-order valence-electron chi connectivity index (χ4n) is 2.25. The van der Waals surface area contributed by atoms with E-state index in [2.05, 4.69) is 4.74 Å². The molecule has 1 amide bonds. The molecule has 0 bridgehead atoms. The number of ether oxygens (including phenoxy) is 1. The first-order valence-corrected chi connectivity index (χ1v) is 8.24. The van der Waals surface area contributed by atoms with Crippen molar-refractivity contribution in [2.24, 2.45) is 0 Å². The quantitative estimate of drug-likeness (QED) is 0.838. The Kier molecular flexibility index (Phi) is 4.32. The number of hydrogen-bond donors (Lipinski definition) is 0. The van der Waals surface area contributed by atoms with E-state index >= 15 is 0 Å². The third-order valence-electron chi connectivity index (χ3n) is 3.35. The largest absolute Gasteiger partial charge is 0.453 e. The second-order valence-electron chi connectivity index (χ2n) is 4.79. The molecule has 1 aromatic rings. The fourth-order valence-corrected chi connectivity index (χ4v) is 3.02. The van der Waals surface area contributed by atoms with Gasteiger partial charge in [0.1, 0.15) is 10.7 Å². The zero-order valence-corrected chi connectivity index (χ0v) is 12.6. The Labute approximate surface area is 122 Å². The van der Waals surface area contributed by atoms with Gasteiger partial charge in [-0.2, -0.15) is 0 Å². The molecule has 7 heteroatoms. The maximum absolute atomic E-state index is 14.3. The van der Waals surface area contributed by atoms with Crippen molar-refractivity contribution in [1.29, 1.82) is 0 Å². The van der Waals surface area contributed by atoms with Crippen molar-refractivity contribution in [3.05, 3.63) is 35.7 Å². The van der Waals surface area contributed by atoms with Gasteiger partial charge in [-0.1, -0.05) is 18.2 Å². The number of methoxy groups -OCH3 is 1. The summed E-state index contributed by atoms with van der Waals surface area (Å²) in [6.07, 6.45) is 2.70. The van der Waals surface area contributed by atoms with Gasteiger partial charge in [0.25, 0.3) is 0 Å². The summed E-state index contributed by atoms with van der Waals surface area (Å²) >= 11 is 0. The Balaban J connectivity index is 2.33. The maximum Gasteiger partial charge on any atom is 0.409 e. The zero-order chi connectivity index (χ0) is 15.6. The molecule has 1 aromatic carbocycles. The first-order valence-electron chi connectivity index (χ1n) is 6.35. The van der Waals surface area contributed by atoms with Crippen molar-refractivity contribution in [1.82, 2.24) is 4.90 Å². The summed E-state index contributed by atoms with van der Waals surface area (Å²) in [5.41, 5.74) is 0.959. The summed E-state index contributed by atoms with van der Waals surface area (Å²) in [6, 6.07) is 4.31. The molecule has 0 radical (unpaired) electrons. The van der Waals surface area contributed by atoms with Crippen molar-refractivity contribution in [3.63, 3.8) is 0 Å². The van der Waals surface area contributed by atoms with Crippen LogP contribution in [-0.2, 0) is 14.6 Å². The molecular weight excluding hydrogens is 297 g/mol. The van der Waals surface area contributed by atoms with E-state index < -0.39 is 21.7 Å². The number of rotatable bonds is 2. The number of benzene rings is 1. The molecule has 114 valence electrons. The van der Waals surface area contributed by atoms with Gasteiger partial charge in [-0.3, -0.25) is 0 Å². The van der Waals surface area contributed by atoms with Crippen LogP contribution in [0, 0.1) is 5.82 Å². The number of amides is 1. The predicted octanol–water partition coefficient (Wildman–Crippen LogP) is 2.08. The van der Waals surface area contributed by atoms with Gasteiger partial charge in [-0.15, -0.1) is 0 Å². The van der Waals surface area contributed by atoms with Gasteiger partial charge in [-0.05, 0) is 18.1 Å². The predicted molar refractivity (Wildman–Crippen MR) is 76.1 cm³/mol. The van der Waals surface area contributed by atoms with Gasteiger partial charge < -0.3 is 9.64 Å². The average Bonchev–Trinajstić information content (AvgIpc) is 2.45. The lowest BCUT2D eigenvalue weighted by molar-refractivity contribution is 0.128. The van der Waals surface area contributed by atoms with E-state index in [4.69, 9.17) is 0 Å². The minimum Gasteiger partial charge on any atom is -0.453 e.